The van der Waals surface area contributed by atoms with Crippen LogP contribution in [0, 0.1) is 6.92 Å². The van der Waals surface area contributed by atoms with Crippen molar-refractivity contribution in [2.75, 3.05) is 5.32 Å². The Morgan fingerprint density at radius 1 is 1.12 bits per heavy atom. The maximum atomic E-state index is 13.1. The SMILES string of the molecule is Cc1cc(=O)c(C(=O)Nc2ccc(Sc3nncs3)cc2)nn1-c1cccc(C(F)(F)F)c1. The van der Waals surface area contributed by atoms with Gasteiger partial charge in [0.25, 0.3) is 5.91 Å². The molecule has 0 atom stereocenters. The van der Waals surface area contributed by atoms with Gasteiger partial charge in [-0.3, -0.25) is 9.59 Å². The van der Waals surface area contributed by atoms with E-state index in [1.807, 2.05) is 0 Å². The van der Waals surface area contributed by atoms with Crippen LogP contribution in [0.1, 0.15) is 21.7 Å². The molecule has 0 radical (unpaired) electrons. The average molecular weight is 490 g/mol. The van der Waals surface area contributed by atoms with E-state index >= 15 is 0 Å². The summed E-state index contributed by atoms with van der Waals surface area (Å²) < 4.78 is 41.1. The molecule has 0 aliphatic carbocycles. The Kier molecular flexibility index (Phi) is 6.29. The number of aromatic nitrogens is 4. The third-order valence-corrected chi connectivity index (χ3v) is 6.18. The van der Waals surface area contributed by atoms with Crippen molar-refractivity contribution in [1.29, 1.82) is 0 Å². The van der Waals surface area contributed by atoms with Crippen molar-refractivity contribution >= 4 is 34.7 Å². The van der Waals surface area contributed by atoms with Gasteiger partial charge in [-0.25, -0.2) is 4.68 Å². The number of anilines is 1. The summed E-state index contributed by atoms with van der Waals surface area (Å²) in [7, 11) is 0. The van der Waals surface area contributed by atoms with Crippen LogP contribution in [0.2, 0.25) is 0 Å². The fraction of sp³-hybridized carbons (Fsp3) is 0.0952. The molecule has 7 nitrogen and oxygen atoms in total. The van der Waals surface area contributed by atoms with Gasteiger partial charge in [0.1, 0.15) is 5.51 Å². The zero-order chi connectivity index (χ0) is 23.6. The number of hydrogen-bond donors (Lipinski definition) is 1. The molecule has 33 heavy (non-hydrogen) atoms. The van der Waals surface area contributed by atoms with E-state index in [1.54, 1.807) is 29.8 Å². The quantitative estimate of drug-likeness (QED) is 0.433. The molecule has 12 heteroatoms. The van der Waals surface area contributed by atoms with Crippen LogP contribution < -0.4 is 10.7 Å². The van der Waals surface area contributed by atoms with E-state index in [2.05, 4.69) is 20.6 Å². The predicted octanol–water partition coefficient (Wildman–Crippen LogP) is 4.81. The lowest BCUT2D eigenvalue weighted by Crippen LogP contribution is -2.27. The highest BCUT2D eigenvalue weighted by Gasteiger charge is 2.30. The molecular formula is C21H14F3N5O2S2. The fourth-order valence-electron chi connectivity index (χ4n) is 2.88. The van der Waals surface area contributed by atoms with Crippen LogP contribution in [0.25, 0.3) is 5.69 Å². The second kappa shape index (κ2) is 9.16. The van der Waals surface area contributed by atoms with Crippen molar-refractivity contribution < 1.29 is 18.0 Å². The van der Waals surface area contributed by atoms with Gasteiger partial charge in [0.05, 0.1) is 11.3 Å². The highest BCUT2D eigenvalue weighted by molar-refractivity contribution is 8.01. The summed E-state index contributed by atoms with van der Waals surface area (Å²) in [5.74, 6) is -0.773. The van der Waals surface area contributed by atoms with Gasteiger partial charge in [-0.1, -0.05) is 29.2 Å². The number of carbonyl (C=O) groups excluding carboxylic acids is 1. The molecule has 0 aliphatic rings. The maximum absolute atomic E-state index is 13.1. The van der Waals surface area contributed by atoms with Crippen LogP contribution in [0.5, 0.6) is 0 Å². The molecule has 0 saturated carbocycles. The molecule has 2 aromatic carbocycles. The Morgan fingerprint density at radius 2 is 1.88 bits per heavy atom. The molecule has 0 bridgehead atoms. The number of benzene rings is 2. The van der Waals surface area contributed by atoms with Crippen molar-refractivity contribution in [3.8, 4) is 5.69 Å². The standard InChI is InChI=1S/C21H14F3N5O2S2/c1-12-9-17(30)18(28-29(12)15-4-2-3-13(10-15)21(22,23)24)19(31)26-14-5-7-16(8-6-14)33-20-27-25-11-32-20/h2-11H,1H3,(H,26,31). The van der Waals surface area contributed by atoms with Gasteiger partial charge in [-0.2, -0.15) is 18.3 Å². The van der Waals surface area contributed by atoms with E-state index in [9.17, 15) is 22.8 Å². The van der Waals surface area contributed by atoms with Crippen LogP contribution in [0.15, 0.2) is 74.1 Å². The lowest BCUT2D eigenvalue weighted by molar-refractivity contribution is -0.137. The summed E-state index contributed by atoms with van der Waals surface area (Å²) in [5, 5.41) is 14.3. The van der Waals surface area contributed by atoms with Crippen molar-refractivity contribution in [3.05, 3.63) is 87.3 Å². The number of nitrogens with zero attached hydrogens (tertiary/aromatic N) is 4. The number of alkyl halides is 3. The summed E-state index contributed by atoms with van der Waals surface area (Å²) in [6, 6.07) is 12.5. The Bertz CT molecular complexity index is 1350. The van der Waals surface area contributed by atoms with Gasteiger partial charge in [0.15, 0.2) is 10.0 Å². The Morgan fingerprint density at radius 3 is 2.55 bits per heavy atom. The highest BCUT2D eigenvalue weighted by atomic mass is 32.2. The summed E-state index contributed by atoms with van der Waals surface area (Å²) in [5.41, 5.74) is 0.467. The molecule has 2 aromatic heterocycles. The molecule has 2 heterocycles. The smallest absolute Gasteiger partial charge is 0.320 e. The van der Waals surface area contributed by atoms with E-state index in [4.69, 9.17) is 0 Å². The summed E-state index contributed by atoms with van der Waals surface area (Å²) in [6.07, 6.45) is -4.54. The molecule has 0 unspecified atom stereocenters. The molecular weight excluding hydrogens is 475 g/mol. The highest BCUT2D eigenvalue weighted by Crippen LogP contribution is 2.31. The van der Waals surface area contributed by atoms with Gasteiger partial charge >= 0.3 is 6.18 Å². The largest absolute Gasteiger partial charge is 0.416 e. The molecule has 168 valence electrons. The second-order valence-electron chi connectivity index (χ2n) is 6.74. The minimum Gasteiger partial charge on any atom is -0.320 e. The molecule has 4 aromatic rings. The first-order valence-electron chi connectivity index (χ1n) is 9.35. The first-order valence-corrected chi connectivity index (χ1v) is 11.0. The van der Waals surface area contributed by atoms with Gasteiger partial charge < -0.3 is 5.32 Å². The Hall–Kier alpha value is -3.51. The summed E-state index contributed by atoms with van der Waals surface area (Å²) >= 11 is 2.81. The van der Waals surface area contributed by atoms with Crippen molar-refractivity contribution in [2.24, 2.45) is 0 Å². The second-order valence-corrected chi connectivity index (χ2v) is 8.90. The van der Waals surface area contributed by atoms with E-state index in [0.29, 0.717) is 5.69 Å². The van der Waals surface area contributed by atoms with E-state index in [1.165, 1.54) is 42.2 Å². The first-order chi connectivity index (χ1) is 15.7. The van der Waals surface area contributed by atoms with Crippen LogP contribution in [-0.2, 0) is 6.18 Å². The van der Waals surface area contributed by atoms with Crippen LogP contribution >= 0.6 is 23.1 Å². The molecule has 0 spiro atoms. The first kappa shape index (κ1) is 22.7. The molecule has 0 saturated heterocycles. The van der Waals surface area contributed by atoms with Gasteiger partial charge in [0.2, 0.25) is 5.43 Å². The molecule has 1 N–H and O–H groups in total. The van der Waals surface area contributed by atoms with Gasteiger partial charge in [0, 0.05) is 22.3 Å². The Labute approximate surface area is 193 Å². The number of hydrogen-bond acceptors (Lipinski definition) is 7. The van der Waals surface area contributed by atoms with Gasteiger partial charge in [-0.15, -0.1) is 10.2 Å². The zero-order valence-corrected chi connectivity index (χ0v) is 18.5. The van der Waals surface area contributed by atoms with Crippen LogP contribution in [0.4, 0.5) is 18.9 Å². The van der Waals surface area contributed by atoms with Crippen molar-refractivity contribution in [2.45, 2.75) is 22.3 Å². The Balaban J connectivity index is 1.58. The topological polar surface area (TPSA) is 89.8 Å². The lowest BCUT2D eigenvalue weighted by atomic mass is 10.2. The minimum absolute atomic E-state index is 0.0782. The maximum Gasteiger partial charge on any atom is 0.416 e. The van der Waals surface area contributed by atoms with E-state index < -0.39 is 28.8 Å². The lowest BCUT2D eigenvalue weighted by Gasteiger charge is -2.13. The fourth-order valence-corrected chi connectivity index (χ4v) is 4.34. The number of nitrogens with one attached hydrogen (secondary N) is 1. The number of amides is 1. The van der Waals surface area contributed by atoms with Crippen molar-refractivity contribution in [3.63, 3.8) is 0 Å². The molecule has 0 fully saturated rings. The van der Waals surface area contributed by atoms with E-state index in [-0.39, 0.29) is 11.4 Å². The third kappa shape index (κ3) is 5.29. The number of halogens is 3. The number of carbonyl (C=O) groups is 1. The number of rotatable bonds is 5. The minimum atomic E-state index is -4.54. The summed E-state index contributed by atoms with van der Waals surface area (Å²) in [4.78, 5) is 26.0. The molecule has 1 amide bonds. The normalized spacial score (nSPS) is 11.4. The van der Waals surface area contributed by atoms with Crippen LogP contribution in [-0.4, -0.2) is 25.9 Å². The van der Waals surface area contributed by atoms with E-state index in [0.717, 1.165) is 32.1 Å². The molecule has 0 aliphatic heterocycles. The van der Waals surface area contributed by atoms with Gasteiger partial charge in [-0.05, 0) is 49.4 Å². The monoisotopic (exact) mass is 489 g/mol. The average Bonchev–Trinajstić information content (AvgIpc) is 3.28. The third-order valence-electron chi connectivity index (χ3n) is 4.40. The van der Waals surface area contributed by atoms with Crippen LogP contribution in [0.3, 0.4) is 0 Å². The number of aryl methyl sites for hydroxylation is 1. The van der Waals surface area contributed by atoms with Crippen molar-refractivity contribution in [1.82, 2.24) is 20.0 Å². The predicted molar refractivity (Wildman–Crippen MR) is 118 cm³/mol. The zero-order valence-electron chi connectivity index (χ0n) is 16.8. The summed E-state index contributed by atoms with van der Waals surface area (Å²) in [6.45, 7) is 1.52. The molecule has 4 rings (SSSR count).